The minimum Gasteiger partial charge on any atom is -0.482 e. The van der Waals surface area contributed by atoms with Crippen molar-refractivity contribution < 1.29 is 23.8 Å². The van der Waals surface area contributed by atoms with E-state index in [1.165, 1.54) is 4.90 Å². The quantitative estimate of drug-likeness (QED) is 0.754. The molecule has 1 saturated carbocycles. The lowest BCUT2D eigenvalue weighted by molar-refractivity contribution is -0.163. The van der Waals surface area contributed by atoms with Gasteiger partial charge < -0.3 is 19.1 Å². The molecule has 2 atom stereocenters. The molecule has 1 aliphatic carbocycles. The summed E-state index contributed by atoms with van der Waals surface area (Å²) in [7, 11) is 1.60. The van der Waals surface area contributed by atoms with Crippen molar-refractivity contribution in [3.8, 4) is 17.6 Å². The second-order valence-electron chi connectivity index (χ2n) is 7.07. The number of ether oxygens (including phenoxy) is 3. The fraction of sp³-hybridized carbons (Fsp3) is 0.550. The van der Waals surface area contributed by atoms with Gasteiger partial charge in [-0.05, 0) is 31.9 Å². The number of hydrogen-bond donors (Lipinski definition) is 0. The standard InChI is InChI=1S/C20H24N2O5/c1-14-18(27-16-9-5-4-8-15(16)26-14)19(24)25-12-17(23)22(2)20(13-21)10-6-3-7-11-20/h4-5,8-9,14,18H,3,6-7,10-12H2,1-2H3. The molecular formula is C20H24N2O5. The zero-order valence-electron chi connectivity index (χ0n) is 15.6. The van der Waals surface area contributed by atoms with Gasteiger partial charge in [0.2, 0.25) is 6.10 Å². The first-order valence-electron chi connectivity index (χ1n) is 9.24. The Morgan fingerprint density at radius 2 is 1.85 bits per heavy atom. The Kier molecular flexibility index (Phi) is 5.54. The minimum absolute atomic E-state index is 0.392. The third-order valence-corrected chi connectivity index (χ3v) is 5.32. The predicted octanol–water partition coefficient (Wildman–Crippen LogP) is 2.44. The van der Waals surface area contributed by atoms with Gasteiger partial charge in [-0.2, -0.15) is 5.26 Å². The molecule has 1 heterocycles. The molecule has 0 radical (unpaired) electrons. The average molecular weight is 372 g/mol. The molecule has 0 N–H and O–H groups in total. The first-order valence-corrected chi connectivity index (χ1v) is 9.24. The fourth-order valence-electron chi connectivity index (χ4n) is 3.59. The smallest absolute Gasteiger partial charge is 0.351 e. The molecule has 27 heavy (non-hydrogen) atoms. The number of carbonyl (C=O) groups is 2. The third kappa shape index (κ3) is 3.85. The van der Waals surface area contributed by atoms with Gasteiger partial charge >= 0.3 is 5.97 Å². The molecule has 1 aliphatic heterocycles. The summed E-state index contributed by atoms with van der Waals surface area (Å²) in [6.45, 7) is 1.29. The van der Waals surface area contributed by atoms with Crippen LogP contribution in [0.4, 0.5) is 0 Å². The Morgan fingerprint density at radius 1 is 1.22 bits per heavy atom. The van der Waals surface area contributed by atoms with E-state index >= 15 is 0 Å². The average Bonchev–Trinajstić information content (AvgIpc) is 2.71. The molecule has 0 spiro atoms. The zero-order chi connectivity index (χ0) is 19.4. The van der Waals surface area contributed by atoms with E-state index in [2.05, 4.69) is 6.07 Å². The molecule has 2 unspecified atom stereocenters. The summed E-state index contributed by atoms with van der Waals surface area (Å²) >= 11 is 0. The van der Waals surface area contributed by atoms with Crippen molar-refractivity contribution in [2.45, 2.75) is 56.8 Å². The van der Waals surface area contributed by atoms with Crippen LogP contribution in [0, 0.1) is 11.3 Å². The minimum atomic E-state index is -0.947. The Labute approximate surface area is 158 Å². The van der Waals surface area contributed by atoms with Crippen LogP contribution in [-0.4, -0.2) is 48.2 Å². The van der Waals surface area contributed by atoms with Crippen molar-refractivity contribution >= 4 is 11.9 Å². The van der Waals surface area contributed by atoms with E-state index in [9.17, 15) is 14.9 Å². The van der Waals surface area contributed by atoms with Crippen molar-refractivity contribution in [1.29, 1.82) is 5.26 Å². The molecule has 7 nitrogen and oxygen atoms in total. The van der Waals surface area contributed by atoms with Gasteiger partial charge in [-0.3, -0.25) is 4.79 Å². The summed E-state index contributed by atoms with van der Waals surface area (Å²) in [5.74, 6) is -0.0188. The fourth-order valence-corrected chi connectivity index (χ4v) is 3.59. The maximum Gasteiger partial charge on any atom is 0.351 e. The van der Waals surface area contributed by atoms with E-state index < -0.39 is 36.2 Å². The molecular weight excluding hydrogens is 348 g/mol. The maximum atomic E-state index is 12.5. The van der Waals surface area contributed by atoms with Crippen LogP contribution in [0.3, 0.4) is 0 Å². The predicted molar refractivity (Wildman–Crippen MR) is 96.1 cm³/mol. The molecule has 0 bridgehead atoms. The maximum absolute atomic E-state index is 12.5. The summed E-state index contributed by atoms with van der Waals surface area (Å²) in [5, 5.41) is 9.58. The highest BCUT2D eigenvalue weighted by atomic mass is 16.6. The topological polar surface area (TPSA) is 88.9 Å². The van der Waals surface area contributed by atoms with Crippen molar-refractivity contribution in [2.75, 3.05) is 13.7 Å². The molecule has 1 aromatic rings. The number of nitrogens with zero attached hydrogens (tertiary/aromatic N) is 2. The zero-order valence-corrected chi connectivity index (χ0v) is 15.6. The number of para-hydroxylation sites is 2. The number of rotatable bonds is 4. The molecule has 0 aromatic heterocycles. The molecule has 144 valence electrons. The third-order valence-electron chi connectivity index (χ3n) is 5.32. The monoisotopic (exact) mass is 372 g/mol. The Hall–Kier alpha value is -2.75. The normalized spacial score (nSPS) is 23.0. The van der Waals surface area contributed by atoms with Crippen molar-refractivity contribution in [3.05, 3.63) is 24.3 Å². The number of carbonyl (C=O) groups excluding carboxylic acids is 2. The number of fused-ring (bicyclic) bond motifs is 1. The van der Waals surface area contributed by atoms with Crippen LogP contribution < -0.4 is 9.47 Å². The van der Waals surface area contributed by atoms with E-state index in [1.807, 2.05) is 6.07 Å². The highest BCUT2D eigenvalue weighted by molar-refractivity contribution is 5.83. The molecule has 1 aromatic carbocycles. The van der Waals surface area contributed by atoms with Gasteiger partial charge in [0.05, 0.1) is 6.07 Å². The molecule has 7 heteroatoms. The van der Waals surface area contributed by atoms with Crippen molar-refractivity contribution in [1.82, 2.24) is 4.90 Å². The SMILES string of the molecule is CC1Oc2ccccc2OC1C(=O)OCC(=O)N(C)C1(C#N)CCCCC1. The van der Waals surface area contributed by atoms with E-state index in [-0.39, 0.29) is 0 Å². The summed E-state index contributed by atoms with van der Waals surface area (Å²) in [6.07, 6.45) is 2.70. The van der Waals surface area contributed by atoms with Gasteiger partial charge in [-0.25, -0.2) is 4.79 Å². The molecule has 1 amide bonds. The van der Waals surface area contributed by atoms with Crippen molar-refractivity contribution in [3.63, 3.8) is 0 Å². The molecule has 1 fully saturated rings. The van der Waals surface area contributed by atoms with Gasteiger partial charge in [0.1, 0.15) is 11.6 Å². The van der Waals surface area contributed by atoms with Crippen LogP contribution in [0.1, 0.15) is 39.0 Å². The number of benzene rings is 1. The van der Waals surface area contributed by atoms with E-state index in [0.29, 0.717) is 24.3 Å². The number of amides is 1. The lowest BCUT2D eigenvalue weighted by Crippen LogP contribution is -2.51. The summed E-state index contributed by atoms with van der Waals surface area (Å²) < 4.78 is 16.5. The van der Waals surface area contributed by atoms with Gasteiger partial charge in [0.15, 0.2) is 18.1 Å². The van der Waals surface area contributed by atoms with E-state index in [1.54, 1.807) is 32.2 Å². The molecule has 0 saturated heterocycles. The summed E-state index contributed by atoms with van der Waals surface area (Å²) in [6, 6.07) is 9.36. The van der Waals surface area contributed by atoms with Gasteiger partial charge in [-0.15, -0.1) is 0 Å². The number of hydrogen-bond acceptors (Lipinski definition) is 6. The Morgan fingerprint density at radius 3 is 2.48 bits per heavy atom. The molecule has 2 aliphatic rings. The first-order chi connectivity index (χ1) is 13.0. The summed E-state index contributed by atoms with van der Waals surface area (Å²) in [5.41, 5.74) is -0.807. The lowest BCUT2D eigenvalue weighted by Gasteiger charge is -2.39. The molecule has 3 rings (SSSR count). The van der Waals surface area contributed by atoms with Gasteiger partial charge in [0, 0.05) is 7.05 Å². The van der Waals surface area contributed by atoms with Crippen LogP contribution in [0.5, 0.6) is 11.5 Å². The van der Waals surface area contributed by atoms with Crippen LogP contribution in [0.15, 0.2) is 24.3 Å². The second-order valence-corrected chi connectivity index (χ2v) is 7.07. The number of esters is 1. The van der Waals surface area contributed by atoms with Crippen LogP contribution in [0.25, 0.3) is 0 Å². The lowest BCUT2D eigenvalue weighted by atomic mass is 9.81. The second kappa shape index (κ2) is 7.87. The van der Waals surface area contributed by atoms with Crippen LogP contribution in [0.2, 0.25) is 0 Å². The van der Waals surface area contributed by atoms with E-state index in [4.69, 9.17) is 14.2 Å². The number of nitriles is 1. The van der Waals surface area contributed by atoms with Crippen LogP contribution in [-0.2, 0) is 14.3 Å². The van der Waals surface area contributed by atoms with Crippen molar-refractivity contribution in [2.24, 2.45) is 0 Å². The Bertz CT molecular complexity index is 751. The highest BCUT2D eigenvalue weighted by Crippen LogP contribution is 2.34. The first kappa shape index (κ1) is 19.0. The largest absolute Gasteiger partial charge is 0.482 e. The Balaban J connectivity index is 1.59. The van der Waals surface area contributed by atoms with Crippen LogP contribution >= 0.6 is 0 Å². The van der Waals surface area contributed by atoms with Gasteiger partial charge in [0.25, 0.3) is 5.91 Å². The van der Waals surface area contributed by atoms with E-state index in [0.717, 1.165) is 19.3 Å². The van der Waals surface area contributed by atoms with Gasteiger partial charge in [-0.1, -0.05) is 31.4 Å². The summed E-state index contributed by atoms with van der Waals surface area (Å²) in [4.78, 5) is 26.3. The highest BCUT2D eigenvalue weighted by Gasteiger charge is 2.40. The number of likely N-dealkylation sites (N-methyl/N-ethyl adjacent to an activating group) is 1.